The van der Waals surface area contributed by atoms with E-state index in [1.807, 2.05) is 14.0 Å². The van der Waals surface area contributed by atoms with Gasteiger partial charge in [0.2, 0.25) is 0 Å². The van der Waals surface area contributed by atoms with E-state index in [1.165, 1.54) is 0 Å². The predicted octanol–water partition coefficient (Wildman–Crippen LogP) is 1.67. The monoisotopic (exact) mass is 259 g/mol. The lowest BCUT2D eigenvalue weighted by Crippen LogP contribution is -2.14. The SMILES string of the molecule is CCc1nn(C)cc1NC(=O)c1cc(NC)ccn1. The fourth-order valence-electron chi connectivity index (χ4n) is 1.80. The number of nitrogens with zero attached hydrogens (tertiary/aromatic N) is 3. The van der Waals surface area contributed by atoms with Crippen LogP contribution in [0.25, 0.3) is 0 Å². The Bertz CT molecular complexity index is 590. The maximum Gasteiger partial charge on any atom is 0.274 e. The molecule has 2 N–H and O–H groups in total. The van der Waals surface area contributed by atoms with Gasteiger partial charge in [0.05, 0.1) is 11.4 Å². The molecule has 0 radical (unpaired) electrons. The van der Waals surface area contributed by atoms with Crippen LogP contribution in [0.2, 0.25) is 0 Å². The number of anilines is 2. The third-order valence-electron chi connectivity index (χ3n) is 2.77. The summed E-state index contributed by atoms with van der Waals surface area (Å²) in [6, 6.07) is 3.51. The fraction of sp³-hybridized carbons (Fsp3) is 0.308. The smallest absolute Gasteiger partial charge is 0.274 e. The number of carbonyl (C=O) groups is 1. The van der Waals surface area contributed by atoms with Crippen LogP contribution in [0, 0.1) is 0 Å². The average Bonchev–Trinajstić information content (AvgIpc) is 2.78. The molecule has 0 aliphatic carbocycles. The van der Waals surface area contributed by atoms with Crippen LogP contribution >= 0.6 is 0 Å². The van der Waals surface area contributed by atoms with Gasteiger partial charge in [0, 0.05) is 32.2 Å². The third kappa shape index (κ3) is 2.90. The number of nitrogens with one attached hydrogen (secondary N) is 2. The number of aromatic nitrogens is 3. The van der Waals surface area contributed by atoms with E-state index in [2.05, 4.69) is 20.7 Å². The van der Waals surface area contributed by atoms with Crippen molar-refractivity contribution in [2.75, 3.05) is 17.7 Å². The van der Waals surface area contributed by atoms with E-state index in [0.29, 0.717) is 5.69 Å². The second kappa shape index (κ2) is 5.51. The van der Waals surface area contributed by atoms with E-state index in [9.17, 15) is 4.79 Å². The van der Waals surface area contributed by atoms with Crippen LogP contribution in [0.1, 0.15) is 23.1 Å². The Morgan fingerprint density at radius 2 is 2.26 bits per heavy atom. The van der Waals surface area contributed by atoms with Crippen molar-refractivity contribution in [1.82, 2.24) is 14.8 Å². The molecule has 19 heavy (non-hydrogen) atoms. The molecule has 0 unspecified atom stereocenters. The average molecular weight is 259 g/mol. The lowest BCUT2D eigenvalue weighted by atomic mass is 10.2. The number of amides is 1. The molecule has 2 aromatic rings. The van der Waals surface area contributed by atoms with Gasteiger partial charge in [-0.1, -0.05) is 6.92 Å². The Kier molecular flexibility index (Phi) is 3.79. The summed E-state index contributed by atoms with van der Waals surface area (Å²) < 4.78 is 1.69. The molecular weight excluding hydrogens is 242 g/mol. The van der Waals surface area contributed by atoms with Gasteiger partial charge in [-0.05, 0) is 18.6 Å². The summed E-state index contributed by atoms with van der Waals surface area (Å²) in [6.45, 7) is 2.00. The molecule has 2 heterocycles. The first-order chi connectivity index (χ1) is 9.13. The Morgan fingerprint density at radius 3 is 2.95 bits per heavy atom. The highest BCUT2D eigenvalue weighted by atomic mass is 16.1. The normalized spacial score (nSPS) is 10.3. The molecule has 0 atom stereocenters. The van der Waals surface area contributed by atoms with Crippen LogP contribution in [0.5, 0.6) is 0 Å². The molecule has 2 aromatic heterocycles. The van der Waals surface area contributed by atoms with Crippen molar-refractivity contribution in [2.45, 2.75) is 13.3 Å². The zero-order chi connectivity index (χ0) is 13.8. The first-order valence-electron chi connectivity index (χ1n) is 6.11. The number of carbonyl (C=O) groups excluding carboxylic acids is 1. The van der Waals surface area contributed by atoms with Crippen molar-refractivity contribution in [3.63, 3.8) is 0 Å². The Balaban J connectivity index is 2.20. The van der Waals surface area contributed by atoms with Crippen molar-refractivity contribution >= 4 is 17.3 Å². The number of rotatable bonds is 4. The van der Waals surface area contributed by atoms with Gasteiger partial charge in [-0.15, -0.1) is 0 Å². The van der Waals surface area contributed by atoms with Crippen LogP contribution in [0.15, 0.2) is 24.5 Å². The molecule has 6 heteroatoms. The van der Waals surface area contributed by atoms with Crippen molar-refractivity contribution in [3.8, 4) is 0 Å². The topological polar surface area (TPSA) is 71.8 Å². The van der Waals surface area contributed by atoms with Gasteiger partial charge >= 0.3 is 0 Å². The standard InChI is InChI=1S/C13H17N5O/c1-4-10-12(8-18(3)17-10)16-13(19)11-7-9(14-2)5-6-15-11/h5-8H,4H2,1-3H3,(H,14,15)(H,16,19). The Hall–Kier alpha value is -2.37. The lowest BCUT2D eigenvalue weighted by Gasteiger charge is -2.05. The van der Waals surface area contributed by atoms with Gasteiger partial charge in [-0.3, -0.25) is 14.5 Å². The molecule has 2 rings (SSSR count). The molecule has 0 aliphatic heterocycles. The van der Waals surface area contributed by atoms with Gasteiger partial charge in [0.1, 0.15) is 5.69 Å². The molecule has 0 bridgehead atoms. The van der Waals surface area contributed by atoms with Crippen LogP contribution in [-0.4, -0.2) is 27.7 Å². The molecule has 1 amide bonds. The molecule has 0 fully saturated rings. The highest BCUT2D eigenvalue weighted by Crippen LogP contribution is 2.15. The van der Waals surface area contributed by atoms with Crippen molar-refractivity contribution in [2.24, 2.45) is 7.05 Å². The zero-order valence-corrected chi connectivity index (χ0v) is 11.3. The van der Waals surface area contributed by atoms with E-state index in [4.69, 9.17) is 0 Å². The minimum absolute atomic E-state index is 0.236. The molecule has 0 aromatic carbocycles. The van der Waals surface area contributed by atoms with E-state index < -0.39 is 0 Å². The highest BCUT2D eigenvalue weighted by molar-refractivity contribution is 6.03. The third-order valence-corrected chi connectivity index (χ3v) is 2.77. The van der Waals surface area contributed by atoms with E-state index in [-0.39, 0.29) is 5.91 Å². The van der Waals surface area contributed by atoms with E-state index in [1.54, 1.807) is 36.3 Å². The highest BCUT2D eigenvalue weighted by Gasteiger charge is 2.12. The van der Waals surface area contributed by atoms with Crippen molar-refractivity contribution in [3.05, 3.63) is 35.9 Å². The molecule has 0 saturated heterocycles. The Morgan fingerprint density at radius 1 is 1.47 bits per heavy atom. The first-order valence-corrected chi connectivity index (χ1v) is 6.11. The van der Waals surface area contributed by atoms with Crippen molar-refractivity contribution < 1.29 is 4.79 Å². The minimum atomic E-state index is -0.236. The summed E-state index contributed by atoms with van der Waals surface area (Å²) in [5.74, 6) is -0.236. The number of pyridine rings is 1. The fourth-order valence-corrected chi connectivity index (χ4v) is 1.80. The molecule has 0 saturated carbocycles. The Labute approximate surface area is 111 Å². The molecule has 0 spiro atoms. The summed E-state index contributed by atoms with van der Waals surface area (Å²) in [5.41, 5.74) is 2.81. The maximum absolute atomic E-state index is 12.1. The summed E-state index contributed by atoms with van der Waals surface area (Å²) in [6.07, 6.45) is 4.16. The largest absolute Gasteiger partial charge is 0.388 e. The van der Waals surface area contributed by atoms with E-state index in [0.717, 1.165) is 23.5 Å². The van der Waals surface area contributed by atoms with Gasteiger partial charge in [0.15, 0.2) is 0 Å². The molecule has 100 valence electrons. The van der Waals surface area contributed by atoms with Gasteiger partial charge in [-0.25, -0.2) is 0 Å². The molecule has 6 nitrogen and oxygen atoms in total. The number of hydrogen-bond donors (Lipinski definition) is 2. The van der Waals surface area contributed by atoms with Gasteiger partial charge in [-0.2, -0.15) is 5.10 Å². The maximum atomic E-state index is 12.1. The number of aryl methyl sites for hydroxylation is 2. The lowest BCUT2D eigenvalue weighted by molar-refractivity contribution is 0.102. The van der Waals surface area contributed by atoms with Crippen LogP contribution in [-0.2, 0) is 13.5 Å². The number of hydrogen-bond acceptors (Lipinski definition) is 4. The van der Waals surface area contributed by atoms with Gasteiger partial charge < -0.3 is 10.6 Å². The quantitative estimate of drug-likeness (QED) is 0.876. The predicted molar refractivity (Wildman–Crippen MR) is 74.3 cm³/mol. The van der Waals surface area contributed by atoms with E-state index >= 15 is 0 Å². The minimum Gasteiger partial charge on any atom is -0.388 e. The zero-order valence-electron chi connectivity index (χ0n) is 11.3. The van der Waals surface area contributed by atoms with Crippen LogP contribution < -0.4 is 10.6 Å². The second-order valence-electron chi connectivity index (χ2n) is 4.15. The van der Waals surface area contributed by atoms with Crippen molar-refractivity contribution in [1.29, 1.82) is 0 Å². The van der Waals surface area contributed by atoms with Gasteiger partial charge in [0.25, 0.3) is 5.91 Å². The molecule has 0 aliphatic rings. The summed E-state index contributed by atoms with van der Waals surface area (Å²) >= 11 is 0. The summed E-state index contributed by atoms with van der Waals surface area (Å²) in [4.78, 5) is 16.2. The summed E-state index contributed by atoms with van der Waals surface area (Å²) in [5, 5.41) is 10.1. The molecular formula is C13H17N5O. The van der Waals surface area contributed by atoms with Crippen LogP contribution in [0.3, 0.4) is 0 Å². The first kappa shape index (κ1) is 13.1. The second-order valence-corrected chi connectivity index (χ2v) is 4.15. The summed E-state index contributed by atoms with van der Waals surface area (Å²) in [7, 11) is 3.63. The van der Waals surface area contributed by atoms with Crippen LogP contribution in [0.4, 0.5) is 11.4 Å².